The molecule has 1 amide bonds. The maximum Gasteiger partial charge on any atom is 0.306 e. The highest BCUT2D eigenvalue weighted by molar-refractivity contribution is 5.81. The van der Waals surface area contributed by atoms with E-state index in [1.165, 1.54) is 0 Å². The molecule has 4 nitrogen and oxygen atoms in total. The van der Waals surface area contributed by atoms with Crippen molar-refractivity contribution in [3.63, 3.8) is 0 Å². The highest BCUT2D eigenvalue weighted by Gasteiger charge is 2.39. The van der Waals surface area contributed by atoms with Gasteiger partial charge in [0.1, 0.15) is 0 Å². The lowest BCUT2D eigenvalue weighted by atomic mass is 9.89. The van der Waals surface area contributed by atoms with Crippen molar-refractivity contribution < 1.29 is 14.7 Å². The summed E-state index contributed by atoms with van der Waals surface area (Å²) in [6.45, 7) is 3.31. The molecule has 2 atom stereocenters. The van der Waals surface area contributed by atoms with Gasteiger partial charge in [-0.25, -0.2) is 0 Å². The molecular weight excluding hydrogens is 206 g/mol. The van der Waals surface area contributed by atoms with Gasteiger partial charge in [0.25, 0.3) is 0 Å². The summed E-state index contributed by atoms with van der Waals surface area (Å²) in [5.41, 5.74) is 0. The molecule has 0 aromatic rings. The first kappa shape index (κ1) is 11.4. The third kappa shape index (κ3) is 2.20. The van der Waals surface area contributed by atoms with Crippen LogP contribution in [0.15, 0.2) is 0 Å². The molecule has 1 heterocycles. The molecule has 16 heavy (non-hydrogen) atoms. The Labute approximate surface area is 95.6 Å². The maximum atomic E-state index is 11.8. The fraction of sp³-hybridized carbons (Fsp3) is 0.833. The molecule has 90 valence electrons. The number of aliphatic carboxylic acids is 1. The number of carboxylic acids is 1. The van der Waals surface area contributed by atoms with Crippen LogP contribution >= 0.6 is 0 Å². The number of amides is 1. The Morgan fingerprint density at radius 3 is 2.56 bits per heavy atom. The van der Waals surface area contributed by atoms with Crippen molar-refractivity contribution in [3.8, 4) is 0 Å². The Balaban J connectivity index is 1.91. The first-order chi connectivity index (χ1) is 7.63. The van der Waals surface area contributed by atoms with Gasteiger partial charge in [-0.2, -0.15) is 0 Å². The number of carbonyl (C=O) groups excluding carboxylic acids is 1. The molecule has 0 aromatic heterocycles. The third-order valence-electron chi connectivity index (χ3n) is 3.79. The van der Waals surface area contributed by atoms with Crippen LogP contribution in [0.5, 0.6) is 0 Å². The molecule has 2 rings (SSSR count). The van der Waals surface area contributed by atoms with Crippen LogP contribution in [-0.2, 0) is 9.59 Å². The van der Waals surface area contributed by atoms with Gasteiger partial charge in [-0.3, -0.25) is 9.59 Å². The summed E-state index contributed by atoms with van der Waals surface area (Å²) in [6.07, 6.45) is 3.56. The molecule has 1 saturated carbocycles. The Morgan fingerprint density at radius 1 is 1.38 bits per heavy atom. The number of likely N-dealkylation sites (tertiary alicyclic amines) is 1. The Morgan fingerprint density at radius 2 is 2.06 bits per heavy atom. The second-order valence-electron chi connectivity index (χ2n) is 4.96. The highest BCUT2D eigenvalue weighted by Crippen LogP contribution is 2.34. The number of rotatable bonds is 4. The minimum atomic E-state index is -0.715. The van der Waals surface area contributed by atoms with E-state index in [4.69, 9.17) is 5.11 Å². The van der Waals surface area contributed by atoms with E-state index in [2.05, 4.69) is 0 Å². The average molecular weight is 225 g/mol. The molecule has 1 aliphatic heterocycles. The van der Waals surface area contributed by atoms with Crippen LogP contribution < -0.4 is 0 Å². The van der Waals surface area contributed by atoms with Crippen LogP contribution in [-0.4, -0.2) is 35.0 Å². The average Bonchev–Trinajstić information content (AvgIpc) is 2.98. The fourth-order valence-electron chi connectivity index (χ4n) is 2.61. The molecule has 1 unspecified atom stereocenters. The molecule has 2 fully saturated rings. The molecule has 0 aromatic carbocycles. The number of hydrogen-bond donors (Lipinski definition) is 1. The van der Waals surface area contributed by atoms with Gasteiger partial charge in [0.05, 0.1) is 5.92 Å². The summed E-state index contributed by atoms with van der Waals surface area (Å²) >= 11 is 0. The van der Waals surface area contributed by atoms with Gasteiger partial charge in [0.15, 0.2) is 0 Å². The summed E-state index contributed by atoms with van der Waals surface area (Å²) < 4.78 is 0. The van der Waals surface area contributed by atoms with Crippen LogP contribution in [0.3, 0.4) is 0 Å². The number of hydrogen-bond acceptors (Lipinski definition) is 2. The second kappa shape index (κ2) is 4.44. The van der Waals surface area contributed by atoms with Crippen molar-refractivity contribution in [1.29, 1.82) is 0 Å². The van der Waals surface area contributed by atoms with Crippen molar-refractivity contribution in [2.45, 2.75) is 32.6 Å². The molecule has 0 bridgehead atoms. The van der Waals surface area contributed by atoms with Crippen molar-refractivity contribution in [3.05, 3.63) is 0 Å². The zero-order chi connectivity index (χ0) is 11.7. The fourth-order valence-corrected chi connectivity index (χ4v) is 2.61. The smallest absolute Gasteiger partial charge is 0.306 e. The van der Waals surface area contributed by atoms with E-state index in [1.54, 1.807) is 0 Å². The van der Waals surface area contributed by atoms with E-state index in [1.807, 2.05) is 11.8 Å². The normalized spacial score (nSPS) is 26.8. The lowest BCUT2D eigenvalue weighted by Crippen LogP contribution is -2.32. The van der Waals surface area contributed by atoms with E-state index in [9.17, 15) is 9.59 Å². The summed E-state index contributed by atoms with van der Waals surface area (Å²) in [6, 6.07) is 0. The van der Waals surface area contributed by atoms with Gasteiger partial charge in [-0.05, 0) is 31.6 Å². The molecule has 1 N–H and O–H groups in total. The minimum absolute atomic E-state index is 0.158. The lowest BCUT2D eigenvalue weighted by molar-refractivity contribution is -0.144. The van der Waals surface area contributed by atoms with Crippen LogP contribution in [0.1, 0.15) is 32.6 Å². The summed E-state index contributed by atoms with van der Waals surface area (Å²) in [5, 5.41) is 9.08. The molecule has 0 radical (unpaired) electrons. The van der Waals surface area contributed by atoms with Gasteiger partial charge >= 0.3 is 5.97 Å². The van der Waals surface area contributed by atoms with E-state index >= 15 is 0 Å². The molecule has 4 heteroatoms. The van der Waals surface area contributed by atoms with Crippen molar-refractivity contribution in [1.82, 2.24) is 4.90 Å². The van der Waals surface area contributed by atoms with E-state index in [-0.39, 0.29) is 23.7 Å². The van der Waals surface area contributed by atoms with E-state index in [0.29, 0.717) is 13.0 Å². The topological polar surface area (TPSA) is 57.6 Å². The highest BCUT2D eigenvalue weighted by atomic mass is 16.4. The van der Waals surface area contributed by atoms with Gasteiger partial charge < -0.3 is 10.0 Å². The lowest BCUT2D eigenvalue weighted by Gasteiger charge is -2.19. The van der Waals surface area contributed by atoms with Gasteiger partial charge in [-0.1, -0.05) is 6.92 Å². The second-order valence-corrected chi connectivity index (χ2v) is 4.96. The van der Waals surface area contributed by atoms with Crippen LogP contribution in [0.2, 0.25) is 0 Å². The van der Waals surface area contributed by atoms with Crippen molar-refractivity contribution >= 4 is 11.9 Å². The van der Waals surface area contributed by atoms with Crippen molar-refractivity contribution in [2.75, 3.05) is 13.1 Å². The Kier molecular flexibility index (Phi) is 3.17. The largest absolute Gasteiger partial charge is 0.481 e. The quantitative estimate of drug-likeness (QED) is 0.785. The predicted octanol–water partition coefficient (Wildman–Crippen LogP) is 1.36. The molecule has 1 saturated heterocycles. The van der Waals surface area contributed by atoms with Crippen LogP contribution in [0, 0.1) is 17.8 Å². The molecule has 1 aliphatic carbocycles. The minimum Gasteiger partial charge on any atom is -0.481 e. The standard InChI is InChI=1S/C12H19NO3/c1-2-10(12(15)16)9-5-6-13(7-9)11(14)8-3-4-8/h8-10H,2-7H2,1H3,(H,15,16)/t9-,10?/m0/s1. The Bertz CT molecular complexity index is 299. The monoisotopic (exact) mass is 225 g/mol. The third-order valence-corrected chi connectivity index (χ3v) is 3.79. The SMILES string of the molecule is CCC(C(=O)O)[C@H]1CCN(C(=O)C2CC2)C1. The molecule has 0 spiro atoms. The summed E-state index contributed by atoms with van der Waals surface area (Å²) in [5.74, 6) is -0.332. The number of nitrogens with zero attached hydrogens (tertiary/aromatic N) is 1. The molecule has 2 aliphatic rings. The van der Waals surface area contributed by atoms with Gasteiger partial charge in [-0.15, -0.1) is 0 Å². The first-order valence-electron chi connectivity index (χ1n) is 6.15. The van der Waals surface area contributed by atoms with E-state index < -0.39 is 5.97 Å². The first-order valence-corrected chi connectivity index (χ1v) is 6.15. The van der Waals surface area contributed by atoms with Gasteiger partial charge in [0.2, 0.25) is 5.91 Å². The Hall–Kier alpha value is -1.06. The van der Waals surface area contributed by atoms with Gasteiger partial charge in [0, 0.05) is 19.0 Å². The summed E-state index contributed by atoms with van der Waals surface area (Å²) in [4.78, 5) is 24.7. The van der Waals surface area contributed by atoms with Crippen molar-refractivity contribution in [2.24, 2.45) is 17.8 Å². The number of carbonyl (C=O) groups is 2. The predicted molar refractivity (Wildman–Crippen MR) is 58.8 cm³/mol. The number of carboxylic acid groups (broad SMARTS) is 1. The van der Waals surface area contributed by atoms with Crippen LogP contribution in [0.4, 0.5) is 0 Å². The van der Waals surface area contributed by atoms with Crippen LogP contribution in [0.25, 0.3) is 0 Å². The maximum absolute atomic E-state index is 11.8. The molecular formula is C12H19NO3. The summed E-state index contributed by atoms with van der Waals surface area (Å²) in [7, 11) is 0. The van der Waals surface area contributed by atoms with E-state index in [0.717, 1.165) is 25.8 Å². The zero-order valence-corrected chi connectivity index (χ0v) is 9.69. The zero-order valence-electron chi connectivity index (χ0n) is 9.69.